The molecule has 0 aromatic carbocycles. The second kappa shape index (κ2) is 8.92. The van der Waals surface area contributed by atoms with Crippen LogP contribution in [0.15, 0.2) is 23.2 Å². The van der Waals surface area contributed by atoms with E-state index >= 15 is 0 Å². The fourth-order valence-corrected chi connectivity index (χ4v) is 6.96. The van der Waals surface area contributed by atoms with Crippen LogP contribution in [0, 0.1) is 0 Å². The Kier molecular flexibility index (Phi) is 5.96. The highest BCUT2D eigenvalue weighted by Gasteiger charge is 2.39. The number of nitrogens with zero attached hydrogens (tertiary/aromatic N) is 6. The zero-order valence-electron chi connectivity index (χ0n) is 19.4. The third kappa shape index (κ3) is 4.26. The van der Waals surface area contributed by atoms with Crippen molar-refractivity contribution in [2.24, 2.45) is 0 Å². The van der Waals surface area contributed by atoms with Crippen molar-refractivity contribution in [3.8, 4) is 10.6 Å². The lowest BCUT2D eigenvalue weighted by molar-refractivity contribution is -0.0523. The van der Waals surface area contributed by atoms with Gasteiger partial charge in [0.05, 0.1) is 60.2 Å². The van der Waals surface area contributed by atoms with E-state index in [-0.39, 0.29) is 29.2 Å². The van der Waals surface area contributed by atoms with Gasteiger partial charge in [0.25, 0.3) is 6.43 Å². The van der Waals surface area contributed by atoms with E-state index in [1.165, 1.54) is 12.3 Å². The first-order valence-electron chi connectivity index (χ1n) is 11.5. The number of sulfonamides is 1. The zero-order chi connectivity index (χ0) is 25.1. The molecule has 0 amide bonds. The number of morpholine rings is 1. The number of ether oxygens (including phenoxy) is 2. The van der Waals surface area contributed by atoms with Gasteiger partial charge in [0.1, 0.15) is 5.82 Å². The van der Waals surface area contributed by atoms with Crippen LogP contribution in [0.3, 0.4) is 0 Å². The molecule has 15 heteroatoms. The van der Waals surface area contributed by atoms with Gasteiger partial charge in [-0.15, -0.1) is 10.2 Å². The van der Waals surface area contributed by atoms with Crippen molar-refractivity contribution in [3.63, 3.8) is 0 Å². The van der Waals surface area contributed by atoms with E-state index in [0.29, 0.717) is 43.2 Å². The SMILES string of the molecule is CC1(NS(=O)(=O)c2cc(N3CCN4CCOC[C@H]4C3)n3ncc(-c4nnc(C(F)F)s4)c3c2)COC1. The number of rotatable bonds is 6. The van der Waals surface area contributed by atoms with E-state index in [2.05, 4.69) is 29.8 Å². The minimum Gasteiger partial charge on any atom is -0.378 e. The first-order chi connectivity index (χ1) is 17.2. The molecule has 3 aromatic rings. The van der Waals surface area contributed by atoms with Crippen molar-refractivity contribution >= 4 is 32.7 Å². The second-order valence-electron chi connectivity index (χ2n) is 9.52. The standard InChI is InChI=1S/C21H25F2N7O4S2/c1-21(11-34-12-21)27-36(31,32)14-6-16-15(19-25-26-20(35-19)18(22)23)8-24-30(16)17(7-14)29-3-2-28-4-5-33-10-13(28)9-29/h6-8,13,18,27H,2-5,9-12H2,1H3/t13-/m1/s1. The summed E-state index contributed by atoms with van der Waals surface area (Å²) in [5.74, 6) is 0.595. The van der Waals surface area contributed by atoms with Gasteiger partial charge in [-0.25, -0.2) is 26.4 Å². The number of hydrogen-bond donors (Lipinski definition) is 1. The molecule has 0 bridgehead atoms. The molecule has 3 aromatic heterocycles. The molecule has 3 saturated heterocycles. The van der Waals surface area contributed by atoms with Gasteiger partial charge in [-0.3, -0.25) is 4.90 Å². The average Bonchev–Trinajstić information content (AvgIpc) is 3.49. The van der Waals surface area contributed by atoms with Gasteiger partial charge in [0.15, 0.2) is 10.0 Å². The van der Waals surface area contributed by atoms with Crippen molar-refractivity contribution in [1.82, 2.24) is 29.4 Å². The number of hydrogen-bond acceptors (Lipinski definition) is 10. The van der Waals surface area contributed by atoms with Crippen LogP contribution >= 0.6 is 11.3 Å². The summed E-state index contributed by atoms with van der Waals surface area (Å²) < 4.78 is 68.5. The highest BCUT2D eigenvalue weighted by atomic mass is 32.2. The van der Waals surface area contributed by atoms with Crippen LogP contribution in [0.5, 0.6) is 0 Å². The van der Waals surface area contributed by atoms with Crippen molar-refractivity contribution < 1.29 is 26.7 Å². The number of fused-ring (bicyclic) bond motifs is 2. The first-order valence-corrected chi connectivity index (χ1v) is 13.8. The Hall–Kier alpha value is -2.30. The van der Waals surface area contributed by atoms with Crippen molar-refractivity contribution in [3.05, 3.63) is 23.3 Å². The monoisotopic (exact) mass is 541 g/mol. The van der Waals surface area contributed by atoms with Crippen LogP contribution in [0.4, 0.5) is 14.6 Å². The number of alkyl halides is 2. The third-order valence-electron chi connectivity index (χ3n) is 6.73. The Morgan fingerprint density at radius 1 is 1.19 bits per heavy atom. The van der Waals surface area contributed by atoms with E-state index < -0.39 is 27.0 Å². The molecule has 194 valence electrons. The van der Waals surface area contributed by atoms with Crippen LogP contribution in [-0.4, -0.2) is 97.3 Å². The molecular formula is C21H25F2N7O4S2. The maximum Gasteiger partial charge on any atom is 0.291 e. The maximum absolute atomic E-state index is 13.4. The van der Waals surface area contributed by atoms with Gasteiger partial charge in [-0.1, -0.05) is 11.3 Å². The third-order valence-corrected chi connectivity index (χ3v) is 9.31. The first kappa shape index (κ1) is 24.1. The minimum absolute atomic E-state index is 0.0563. The summed E-state index contributed by atoms with van der Waals surface area (Å²) in [7, 11) is -3.93. The summed E-state index contributed by atoms with van der Waals surface area (Å²) in [5.41, 5.74) is 0.197. The fraction of sp³-hybridized carbons (Fsp3) is 0.571. The lowest BCUT2D eigenvalue weighted by Gasteiger charge is -2.44. The quantitative estimate of drug-likeness (QED) is 0.494. The zero-order valence-corrected chi connectivity index (χ0v) is 21.1. The number of piperazine rings is 1. The van der Waals surface area contributed by atoms with Gasteiger partial charge in [-0.05, 0) is 13.0 Å². The molecule has 3 fully saturated rings. The Morgan fingerprint density at radius 3 is 2.75 bits per heavy atom. The smallest absolute Gasteiger partial charge is 0.291 e. The van der Waals surface area contributed by atoms with Gasteiger partial charge in [-0.2, -0.15) is 5.10 Å². The normalized spacial score (nSPS) is 22.7. The molecule has 0 aliphatic carbocycles. The molecule has 6 rings (SSSR count). The van der Waals surface area contributed by atoms with E-state index in [0.717, 1.165) is 24.4 Å². The largest absolute Gasteiger partial charge is 0.378 e. The fourth-order valence-electron chi connectivity index (χ4n) is 4.83. The van der Waals surface area contributed by atoms with Gasteiger partial charge in [0, 0.05) is 32.2 Å². The minimum atomic E-state index is -3.93. The van der Waals surface area contributed by atoms with E-state index in [1.54, 1.807) is 17.5 Å². The molecule has 3 aliphatic rings. The highest BCUT2D eigenvalue weighted by molar-refractivity contribution is 7.89. The van der Waals surface area contributed by atoms with Crippen LogP contribution in [0.2, 0.25) is 0 Å². The van der Waals surface area contributed by atoms with Crippen molar-refractivity contribution in [2.45, 2.75) is 29.8 Å². The molecule has 0 saturated carbocycles. The van der Waals surface area contributed by atoms with E-state index in [9.17, 15) is 17.2 Å². The van der Waals surface area contributed by atoms with Crippen LogP contribution < -0.4 is 9.62 Å². The molecule has 3 aliphatic heterocycles. The van der Waals surface area contributed by atoms with Crippen LogP contribution in [-0.2, 0) is 19.5 Å². The Labute approximate surface area is 210 Å². The molecule has 0 radical (unpaired) electrons. The lowest BCUT2D eigenvalue weighted by Crippen LogP contribution is -2.59. The summed E-state index contributed by atoms with van der Waals surface area (Å²) in [5, 5.41) is 11.8. The molecular weight excluding hydrogens is 516 g/mol. The Balaban J connectivity index is 1.45. The summed E-state index contributed by atoms with van der Waals surface area (Å²) in [6, 6.07) is 3.29. The Bertz CT molecular complexity index is 1390. The summed E-state index contributed by atoms with van der Waals surface area (Å²) >= 11 is 0.762. The second-order valence-corrected chi connectivity index (χ2v) is 12.2. The molecule has 1 N–H and O–H groups in total. The topological polar surface area (TPSA) is 114 Å². The predicted octanol–water partition coefficient (Wildman–Crippen LogP) is 1.38. The van der Waals surface area contributed by atoms with E-state index in [1.807, 2.05) is 0 Å². The number of nitrogens with one attached hydrogen (secondary N) is 1. The number of halogens is 2. The maximum atomic E-state index is 13.4. The molecule has 1 atom stereocenters. The van der Waals surface area contributed by atoms with Gasteiger partial charge < -0.3 is 14.4 Å². The van der Waals surface area contributed by atoms with E-state index in [4.69, 9.17) is 9.47 Å². The molecule has 0 spiro atoms. The van der Waals surface area contributed by atoms with Crippen LogP contribution in [0.1, 0.15) is 18.4 Å². The average molecular weight is 542 g/mol. The molecule has 11 nitrogen and oxygen atoms in total. The van der Waals surface area contributed by atoms with Crippen LogP contribution in [0.25, 0.3) is 16.1 Å². The molecule has 6 heterocycles. The number of aromatic nitrogens is 4. The number of anilines is 1. The molecule has 36 heavy (non-hydrogen) atoms. The van der Waals surface area contributed by atoms with Crippen molar-refractivity contribution in [1.29, 1.82) is 0 Å². The summed E-state index contributed by atoms with van der Waals surface area (Å²) in [6.45, 7) is 6.64. The van der Waals surface area contributed by atoms with Gasteiger partial charge in [0.2, 0.25) is 10.0 Å². The highest BCUT2D eigenvalue weighted by Crippen LogP contribution is 2.35. The van der Waals surface area contributed by atoms with Gasteiger partial charge >= 0.3 is 0 Å². The predicted molar refractivity (Wildman–Crippen MR) is 127 cm³/mol. The summed E-state index contributed by atoms with van der Waals surface area (Å²) in [6.07, 6.45) is -1.23. The summed E-state index contributed by atoms with van der Waals surface area (Å²) in [4.78, 5) is 4.52. The molecule has 0 unspecified atom stereocenters. The van der Waals surface area contributed by atoms with Crippen molar-refractivity contribution in [2.75, 3.05) is 57.5 Å². The number of pyridine rings is 1. The Morgan fingerprint density at radius 2 is 2.03 bits per heavy atom. The lowest BCUT2D eigenvalue weighted by atomic mass is 10.0.